The van der Waals surface area contributed by atoms with E-state index >= 15 is 0 Å². The molecule has 96 valence electrons. The number of ether oxygens (including phenoxy) is 1. The first kappa shape index (κ1) is 13.3. The van der Waals surface area contributed by atoms with E-state index in [0.717, 1.165) is 5.56 Å². The number of halogens is 2. The highest BCUT2D eigenvalue weighted by atomic mass is 35.5. The van der Waals surface area contributed by atoms with Crippen molar-refractivity contribution in [3.63, 3.8) is 0 Å². The Morgan fingerprint density at radius 1 is 1.56 bits per heavy atom. The zero-order valence-corrected chi connectivity index (χ0v) is 11.6. The lowest BCUT2D eigenvalue weighted by Gasteiger charge is -2.04. The molecule has 0 saturated heterocycles. The average molecular weight is 287 g/mol. The number of benzene rings is 1. The predicted molar refractivity (Wildman–Crippen MR) is 71.9 cm³/mol. The average Bonchev–Trinajstić information content (AvgIpc) is 2.70. The maximum absolute atomic E-state index is 13.9. The molecule has 0 unspecified atom stereocenters. The number of thiophene rings is 1. The molecule has 0 bridgehead atoms. The first-order valence-electron chi connectivity index (χ1n) is 5.54. The minimum atomic E-state index is -0.325. The molecule has 1 heterocycles. The standard InChI is InChI=1S/C13H12ClFO2S/c1-3-17-10(16)5-8-6-18-13-11(8)9(14)4-7(2)12(13)15/h4,6H,3,5H2,1-2H3. The smallest absolute Gasteiger partial charge is 0.310 e. The first-order valence-corrected chi connectivity index (χ1v) is 6.80. The van der Waals surface area contributed by atoms with E-state index in [1.54, 1.807) is 25.3 Å². The molecule has 0 amide bonds. The van der Waals surface area contributed by atoms with E-state index in [1.807, 2.05) is 0 Å². The Balaban J connectivity index is 2.48. The van der Waals surface area contributed by atoms with Gasteiger partial charge in [0.25, 0.3) is 0 Å². The molecule has 0 spiro atoms. The van der Waals surface area contributed by atoms with Gasteiger partial charge in [-0.2, -0.15) is 0 Å². The van der Waals surface area contributed by atoms with Crippen LogP contribution in [0.1, 0.15) is 18.1 Å². The number of esters is 1. The molecule has 5 heteroatoms. The van der Waals surface area contributed by atoms with Gasteiger partial charge in [0, 0.05) is 5.39 Å². The molecule has 0 saturated carbocycles. The molecule has 18 heavy (non-hydrogen) atoms. The second kappa shape index (κ2) is 5.24. The molecular formula is C13H12ClFO2S. The Bertz CT molecular complexity index is 607. The van der Waals surface area contributed by atoms with Gasteiger partial charge >= 0.3 is 5.97 Å². The third kappa shape index (κ3) is 2.35. The number of hydrogen-bond acceptors (Lipinski definition) is 3. The van der Waals surface area contributed by atoms with E-state index in [1.165, 1.54) is 11.3 Å². The van der Waals surface area contributed by atoms with E-state index in [0.29, 0.717) is 27.3 Å². The maximum Gasteiger partial charge on any atom is 0.310 e. The monoisotopic (exact) mass is 286 g/mol. The van der Waals surface area contributed by atoms with E-state index in [9.17, 15) is 9.18 Å². The lowest BCUT2D eigenvalue weighted by atomic mass is 10.1. The summed E-state index contributed by atoms with van der Waals surface area (Å²) < 4.78 is 19.3. The highest BCUT2D eigenvalue weighted by molar-refractivity contribution is 7.17. The summed E-state index contributed by atoms with van der Waals surface area (Å²) in [4.78, 5) is 11.5. The molecule has 0 N–H and O–H groups in total. The van der Waals surface area contributed by atoms with Gasteiger partial charge in [0.05, 0.1) is 22.8 Å². The summed E-state index contributed by atoms with van der Waals surface area (Å²) in [7, 11) is 0. The summed E-state index contributed by atoms with van der Waals surface area (Å²) in [6.45, 7) is 3.76. The number of carbonyl (C=O) groups is 1. The Morgan fingerprint density at radius 2 is 2.28 bits per heavy atom. The molecule has 0 fully saturated rings. The first-order chi connectivity index (χ1) is 8.54. The lowest BCUT2D eigenvalue weighted by Crippen LogP contribution is -2.07. The van der Waals surface area contributed by atoms with Crippen molar-refractivity contribution in [1.82, 2.24) is 0 Å². The van der Waals surface area contributed by atoms with Crippen LogP contribution >= 0.6 is 22.9 Å². The molecule has 2 nitrogen and oxygen atoms in total. The summed E-state index contributed by atoms with van der Waals surface area (Å²) in [5.74, 6) is -0.594. The van der Waals surface area contributed by atoms with Crippen LogP contribution in [0.15, 0.2) is 11.4 Å². The Morgan fingerprint density at radius 3 is 2.94 bits per heavy atom. The van der Waals surface area contributed by atoms with Crippen LogP contribution in [0.2, 0.25) is 5.02 Å². The fourth-order valence-corrected chi connectivity index (χ4v) is 3.34. The van der Waals surface area contributed by atoms with Crippen molar-refractivity contribution in [2.45, 2.75) is 20.3 Å². The lowest BCUT2D eigenvalue weighted by molar-refractivity contribution is -0.142. The molecule has 0 aliphatic heterocycles. The Kier molecular flexibility index (Phi) is 3.88. The van der Waals surface area contributed by atoms with Gasteiger partial charge in [-0.3, -0.25) is 4.79 Å². The van der Waals surface area contributed by atoms with Gasteiger partial charge in [-0.1, -0.05) is 11.6 Å². The van der Waals surface area contributed by atoms with Crippen molar-refractivity contribution >= 4 is 39.0 Å². The van der Waals surface area contributed by atoms with Crippen molar-refractivity contribution in [3.05, 3.63) is 33.4 Å². The minimum absolute atomic E-state index is 0.121. The van der Waals surface area contributed by atoms with Crippen molar-refractivity contribution in [1.29, 1.82) is 0 Å². The summed E-state index contributed by atoms with van der Waals surface area (Å²) in [6.07, 6.45) is 0.121. The number of carbonyl (C=O) groups excluding carboxylic acids is 1. The second-order valence-corrected chi connectivity index (χ2v) is 5.22. The number of hydrogen-bond donors (Lipinski definition) is 0. The van der Waals surface area contributed by atoms with Crippen LogP contribution in [0.5, 0.6) is 0 Å². The molecule has 2 aromatic rings. The van der Waals surface area contributed by atoms with Crippen LogP contribution in [0.4, 0.5) is 4.39 Å². The van der Waals surface area contributed by atoms with Gasteiger partial charge in [0.1, 0.15) is 5.82 Å². The second-order valence-electron chi connectivity index (χ2n) is 3.94. The van der Waals surface area contributed by atoms with Gasteiger partial charge in [0.15, 0.2) is 0 Å². The van der Waals surface area contributed by atoms with E-state index in [2.05, 4.69) is 0 Å². The normalized spacial score (nSPS) is 10.9. The van der Waals surface area contributed by atoms with Crippen LogP contribution in [-0.2, 0) is 16.0 Å². The topological polar surface area (TPSA) is 26.3 Å². The zero-order chi connectivity index (χ0) is 13.3. The number of fused-ring (bicyclic) bond motifs is 1. The third-order valence-electron chi connectivity index (χ3n) is 2.63. The molecule has 2 rings (SSSR count). The van der Waals surface area contributed by atoms with Crippen molar-refractivity contribution < 1.29 is 13.9 Å². The third-order valence-corrected chi connectivity index (χ3v) is 3.95. The van der Waals surface area contributed by atoms with Crippen molar-refractivity contribution in [2.24, 2.45) is 0 Å². The molecule has 0 atom stereocenters. The highest BCUT2D eigenvalue weighted by Gasteiger charge is 2.16. The summed E-state index contributed by atoms with van der Waals surface area (Å²) in [5.41, 5.74) is 1.23. The van der Waals surface area contributed by atoms with Gasteiger partial charge in [-0.05, 0) is 36.4 Å². The Labute approximate surface area is 113 Å². The number of aryl methyl sites for hydroxylation is 1. The Hall–Kier alpha value is -1.13. The summed E-state index contributed by atoms with van der Waals surface area (Å²) in [5, 5.41) is 2.86. The van der Waals surface area contributed by atoms with Crippen LogP contribution in [0, 0.1) is 12.7 Å². The largest absolute Gasteiger partial charge is 0.466 e. The predicted octanol–water partition coefficient (Wildman–Crippen LogP) is 4.11. The van der Waals surface area contributed by atoms with Gasteiger partial charge < -0.3 is 4.74 Å². The molecule has 0 aliphatic carbocycles. The molecule has 1 aromatic carbocycles. The van der Waals surface area contributed by atoms with E-state index in [-0.39, 0.29) is 18.2 Å². The minimum Gasteiger partial charge on any atom is -0.466 e. The van der Waals surface area contributed by atoms with Crippen LogP contribution in [0.3, 0.4) is 0 Å². The maximum atomic E-state index is 13.9. The fraction of sp³-hybridized carbons (Fsp3) is 0.308. The fourth-order valence-electron chi connectivity index (χ4n) is 1.82. The van der Waals surface area contributed by atoms with Gasteiger partial charge in [-0.25, -0.2) is 4.39 Å². The van der Waals surface area contributed by atoms with Crippen molar-refractivity contribution in [3.8, 4) is 0 Å². The van der Waals surface area contributed by atoms with E-state index < -0.39 is 0 Å². The quantitative estimate of drug-likeness (QED) is 0.794. The summed E-state index contributed by atoms with van der Waals surface area (Å²) in [6, 6.07) is 1.58. The van der Waals surface area contributed by atoms with E-state index in [4.69, 9.17) is 16.3 Å². The zero-order valence-electron chi connectivity index (χ0n) is 10.0. The van der Waals surface area contributed by atoms with Crippen molar-refractivity contribution in [2.75, 3.05) is 6.61 Å². The highest BCUT2D eigenvalue weighted by Crippen LogP contribution is 2.36. The molecular weight excluding hydrogens is 275 g/mol. The van der Waals surface area contributed by atoms with Crippen LogP contribution < -0.4 is 0 Å². The summed E-state index contributed by atoms with van der Waals surface area (Å²) >= 11 is 7.39. The van der Waals surface area contributed by atoms with Gasteiger partial charge in [-0.15, -0.1) is 11.3 Å². The molecule has 0 aliphatic rings. The molecule has 0 radical (unpaired) electrons. The molecule has 1 aromatic heterocycles. The SMILES string of the molecule is CCOC(=O)Cc1csc2c(F)c(C)cc(Cl)c12. The number of rotatable bonds is 3. The van der Waals surface area contributed by atoms with Gasteiger partial charge in [0.2, 0.25) is 0 Å². The van der Waals surface area contributed by atoms with Crippen LogP contribution in [-0.4, -0.2) is 12.6 Å². The van der Waals surface area contributed by atoms with Crippen LogP contribution in [0.25, 0.3) is 10.1 Å².